The lowest BCUT2D eigenvalue weighted by molar-refractivity contribution is 0.669. The van der Waals surface area contributed by atoms with Crippen molar-refractivity contribution in [2.45, 2.75) is 16.2 Å². The third kappa shape index (κ3) is 10.9. The fourth-order valence-corrected chi connectivity index (χ4v) is 24.0. The largest absolute Gasteiger partial charge is 0.456 e. The van der Waals surface area contributed by atoms with Gasteiger partial charge in [-0.3, -0.25) is 9.97 Å². The van der Waals surface area contributed by atoms with Gasteiger partial charge >= 0.3 is 0 Å². The molecule has 0 N–H and O–H groups in total. The van der Waals surface area contributed by atoms with Crippen LogP contribution < -0.4 is 0 Å². The minimum Gasteiger partial charge on any atom is -0.456 e. The van der Waals surface area contributed by atoms with Gasteiger partial charge in [0.2, 0.25) is 0 Å². The number of hydrogen-bond donors (Lipinski definition) is 0. The number of furan rings is 1. The molecule has 4 aliphatic rings. The van der Waals surface area contributed by atoms with Crippen molar-refractivity contribution in [2.75, 3.05) is 0 Å². The van der Waals surface area contributed by atoms with Crippen LogP contribution in [0, 0.1) is 0 Å². The molecule has 0 bridgehead atoms. The monoisotopic (exact) mass is 1670 g/mol. The summed E-state index contributed by atoms with van der Waals surface area (Å²) in [5, 5.41) is 14.3. The molecular formula is C129H80N2O. The van der Waals surface area contributed by atoms with Gasteiger partial charge in [-0.15, -0.1) is 0 Å². The molecule has 0 saturated heterocycles. The first-order valence-electron chi connectivity index (χ1n) is 45.8. The van der Waals surface area contributed by atoms with Crippen LogP contribution in [0.25, 0.3) is 187 Å². The van der Waals surface area contributed by atoms with Crippen molar-refractivity contribution < 1.29 is 4.42 Å². The van der Waals surface area contributed by atoms with E-state index in [1.54, 1.807) is 0 Å². The Bertz CT molecular complexity index is 8620. The SMILES string of the molecule is c1ccc(C2(c3ccccc3)c3ccccc3-c3ccc(-c4c5ccccc5c(-c5ccc(-c6ccc7c(c6)C6(c8ccccc8-c8ccccc86)c6ccccc6-7)nc5)c5ccccc45)cc32)cc1.c1ccc(C2(c3ccccc3)c3ccccc3-c3ccc(-c4c5ccccc5c(-c5ccc(-c6ccc7oc8cc9ccccc9cc8c7c6)nc5)c5ccccc45)cc32)cc1. The Morgan fingerprint density at radius 2 is 0.417 bits per heavy atom. The quantitative estimate of drug-likeness (QED) is 0.128. The summed E-state index contributed by atoms with van der Waals surface area (Å²) in [7, 11) is 0. The van der Waals surface area contributed by atoms with E-state index < -0.39 is 16.2 Å². The van der Waals surface area contributed by atoms with Crippen LogP contribution in [0.4, 0.5) is 0 Å². The Morgan fingerprint density at radius 1 is 0.159 bits per heavy atom. The molecule has 28 rings (SSSR count). The summed E-state index contributed by atoms with van der Waals surface area (Å²) >= 11 is 0. The molecule has 0 radical (unpaired) electrons. The Labute approximate surface area is 764 Å². The smallest absolute Gasteiger partial charge is 0.136 e. The molecule has 3 aromatic heterocycles. The number of aromatic nitrogens is 2. The summed E-state index contributed by atoms with van der Waals surface area (Å²) in [6.07, 6.45) is 4.15. The second kappa shape index (κ2) is 29.5. The molecule has 0 saturated carbocycles. The van der Waals surface area contributed by atoms with E-state index in [4.69, 9.17) is 14.4 Å². The van der Waals surface area contributed by atoms with Gasteiger partial charge in [-0.1, -0.05) is 413 Å². The highest BCUT2D eigenvalue weighted by Crippen LogP contribution is 2.65. The predicted octanol–water partition coefficient (Wildman–Crippen LogP) is 32.9. The molecule has 21 aromatic carbocycles. The van der Waals surface area contributed by atoms with Gasteiger partial charge in [0, 0.05) is 45.4 Å². The molecule has 0 aliphatic heterocycles. The standard InChI is InChI=1S/C69H43N.C60H37NO/c1-3-19-47(20-4-1)68(48-21-5-2-6-22-48)59-31-15-11-25-51(59)53-39-36-45(42-63(53)68)66-55-27-7-9-29-57(55)67(58-30-10-8-28-56(58)66)46-37-40-65(70-43-46)44-35-38-54-52-26-14-18-34-62(52)69(64(54)41-44)60-32-16-12-23-49(60)50-24-13-17-33-61(50)69;1-3-17-43(18-4-1)60(44-19-5-2-6-20-44)53-26-14-13-21-45(53)46-30-27-41(35-54(46)60)58-47-22-9-11-24-49(47)59(50-25-12-10-23-48(50)58)42-28-31-55(61-37-42)40-29-32-56-51(34-40)52-33-38-15-7-8-16-39(38)36-57(52)62-56/h1-43H;1-37H. The summed E-state index contributed by atoms with van der Waals surface area (Å²) in [4.78, 5) is 10.5. The molecule has 24 aromatic rings. The van der Waals surface area contributed by atoms with E-state index in [0.29, 0.717) is 0 Å². The van der Waals surface area contributed by atoms with Gasteiger partial charge in [0.05, 0.1) is 27.6 Å². The third-order valence-corrected chi connectivity index (χ3v) is 29.4. The zero-order valence-corrected chi connectivity index (χ0v) is 72.0. The molecule has 1 spiro atoms. The topological polar surface area (TPSA) is 38.9 Å². The first-order valence-corrected chi connectivity index (χ1v) is 45.8. The maximum atomic E-state index is 6.32. The van der Waals surface area contributed by atoms with Crippen LogP contribution in [0.3, 0.4) is 0 Å². The molecule has 612 valence electrons. The van der Waals surface area contributed by atoms with E-state index in [-0.39, 0.29) is 0 Å². The summed E-state index contributed by atoms with van der Waals surface area (Å²) in [5.74, 6) is 0. The van der Waals surface area contributed by atoms with Crippen molar-refractivity contribution in [3.8, 4) is 112 Å². The van der Waals surface area contributed by atoms with Gasteiger partial charge in [-0.05, 0) is 259 Å². The van der Waals surface area contributed by atoms with Gasteiger partial charge in [0.15, 0.2) is 0 Å². The van der Waals surface area contributed by atoms with E-state index in [2.05, 4.69) is 486 Å². The average Bonchev–Trinajstić information content (AvgIpc) is 1.59. The Morgan fingerprint density at radius 3 is 0.773 bits per heavy atom. The number of pyridine rings is 2. The average molecular weight is 1670 g/mol. The molecule has 3 nitrogen and oxygen atoms in total. The second-order valence-corrected chi connectivity index (χ2v) is 35.8. The number of fused-ring (bicyclic) bond motifs is 24. The van der Waals surface area contributed by atoms with Crippen LogP contribution >= 0.6 is 0 Å². The van der Waals surface area contributed by atoms with Crippen molar-refractivity contribution in [1.29, 1.82) is 0 Å². The fourth-order valence-electron chi connectivity index (χ4n) is 24.0. The molecule has 0 fully saturated rings. The van der Waals surface area contributed by atoms with E-state index in [0.717, 1.165) is 55.6 Å². The van der Waals surface area contributed by atoms with Crippen molar-refractivity contribution in [2.24, 2.45) is 0 Å². The van der Waals surface area contributed by atoms with Crippen LogP contribution in [0.1, 0.15) is 66.8 Å². The van der Waals surface area contributed by atoms with E-state index in [1.165, 1.54) is 199 Å². The first kappa shape index (κ1) is 75.2. The lowest BCUT2D eigenvalue weighted by atomic mass is 9.67. The highest BCUT2D eigenvalue weighted by atomic mass is 16.3. The molecular weight excluding hydrogens is 1590 g/mol. The van der Waals surface area contributed by atoms with Gasteiger partial charge in [-0.2, -0.15) is 0 Å². The zero-order valence-electron chi connectivity index (χ0n) is 72.0. The maximum Gasteiger partial charge on any atom is 0.136 e. The normalized spacial score (nSPS) is 13.5. The molecule has 0 amide bonds. The van der Waals surface area contributed by atoms with Crippen LogP contribution in [0.2, 0.25) is 0 Å². The minimum atomic E-state index is -0.487. The van der Waals surface area contributed by atoms with E-state index in [9.17, 15) is 0 Å². The Balaban J connectivity index is 0.000000136. The molecule has 0 unspecified atom stereocenters. The van der Waals surface area contributed by atoms with E-state index in [1.807, 2.05) is 0 Å². The number of benzene rings is 21. The van der Waals surface area contributed by atoms with Gasteiger partial charge in [0.1, 0.15) is 11.2 Å². The lowest BCUT2D eigenvalue weighted by Gasteiger charge is -2.34. The van der Waals surface area contributed by atoms with Crippen LogP contribution in [-0.2, 0) is 16.2 Å². The number of rotatable bonds is 10. The van der Waals surface area contributed by atoms with Crippen LogP contribution in [0.5, 0.6) is 0 Å². The summed E-state index contributed by atoms with van der Waals surface area (Å²) < 4.78 is 6.32. The fraction of sp³-hybridized carbons (Fsp3) is 0.0233. The predicted molar refractivity (Wildman–Crippen MR) is 547 cm³/mol. The molecule has 0 atom stereocenters. The van der Waals surface area contributed by atoms with Gasteiger partial charge in [-0.25, -0.2) is 0 Å². The third-order valence-electron chi connectivity index (χ3n) is 29.4. The van der Waals surface area contributed by atoms with Crippen molar-refractivity contribution in [3.05, 3.63) is 552 Å². The summed E-state index contributed by atoms with van der Waals surface area (Å²) in [5.41, 5.74) is 40.0. The zero-order chi connectivity index (χ0) is 86.7. The van der Waals surface area contributed by atoms with Crippen LogP contribution in [0.15, 0.2) is 490 Å². The van der Waals surface area contributed by atoms with Crippen molar-refractivity contribution in [1.82, 2.24) is 9.97 Å². The van der Waals surface area contributed by atoms with E-state index >= 15 is 0 Å². The molecule has 132 heavy (non-hydrogen) atoms. The second-order valence-electron chi connectivity index (χ2n) is 35.8. The Kier molecular flexibility index (Phi) is 16.8. The highest BCUT2D eigenvalue weighted by molar-refractivity contribution is 6.24. The molecule has 4 aliphatic carbocycles. The van der Waals surface area contributed by atoms with Crippen molar-refractivity contribution in [3.63, 3.8) is 0 Å². The summed E-state index contributed by atoms with van der Waals surface area (Å²) in [6, 6.07) is 175. The van der Waals surface area contributed by atoms with Gasteiger partial charge < -0.3 is 4.42 Å². The Hall–Kier alpha value is -17.0. The van der Waals surface area contributed by atoms with Crippen LogP contribution in [-0.4, -0.2) is 9.97 Å². The minimum absolute atomic E-state index is 0.401. The lowest BCUT2D eigenvalue weighted by Crippen LogP contribution is -2.28. The van der Waals surface area contributed by atoms with Crippen molar-refractivity contribution >= 4 is 75.8 Å². The highest BCUT2D eigenvalue weighted by Gasteiger charge is 2.53. The molecule has 3 heteroatoms. The first-order chi connectivity index (χ1) is 65.5. The van der Waals surface area contributed by atoms with Gasteiger partial charge in [0.25, 0.3) is 0 Å². The maximum absolute atomic E-state index is 6.32. The summed E-state index contributed by atoms with van der Waals surface area (Å²) in [6.45, 7) is 0. The molecule has 3 heterocycles. The number of nitrogens with zero attached hydrogens (tertiary/aromatic N) is 2. The number of hydrogen-bond acceptors (Lipinski definition) is 3.